The molecular weight excluding hydrogens is 402 g/mol. The van der Waals surface area contributed by atoms with Gasteiger partial charge in [-0.1, -0.05) is 0 Å². The largest absolute Gasteiger partial charge is 0.863 e. The number of non-ortho nitro benzene ring substituents is 1. The summed E-state index contributed by atoms with van der Waals surface area (Å²) in [7, 11) is 0. The van der Waals surface area contributed by atoms with Crippen LogP contribution in [0.15, 0.2) is 72.8 Å². The van der Waals surface area contributed by atoms with E-state index in [0.717, 1.165) is 0 Å². The average molecular weight is 414 g/mol. The predicted octanol–water partition coefficient (Wildman–Crippen LogP) is 3.29. The van der Waals surface area contributed by atoms with Crippen molar-refractivity contribution in [2.24, 2.45) is 0 Å². The van der Waals surface area contributed by atoms with Crippen LogP contribution in [0, 0.1) is 30.3 Å². The van der Waals surface area contributed by atoms with Gasteiger partial charge in [-0.25, -0.2) is 24.3 Å². The van der Waals surface area contributed by atoms with E-state index in [9.17, 15) is 35.4 Å². The molecule has 0 saturated heterocycles. The molecule has 0 aliphatic carbocycles. The molecule has 0 aliphatic rings. The molecule has 0 N–H and O–H groups in total. The maximum atomic E-state index is 11.1. The molecule has 0 radical (unpaired) electrons. The van der Waals surface area contributed by atoms with Gasteiger partial charge in [0.15, 0.2) is 0 Å². The summed E-state index contributed by atoms with van der Waals surface area (Å²) in [6, 6.07) is 20.8. The van der Waals surface area contributed by atoms with Gasteiger partial charge < -0.3 is 5.11 Å². The Labute approximate surface area is 163 Å². The molecule has 3 aromatic rings. The molecule has 0 aromatic heterocycles. The number of benzene rings is 1. The molecule has 27 heavy (non-hydrogen) atoms. The second-order valence-electron chi connectivity index (χ2n) is 4.51. The maximum absolute atomic E-state index is 11.1. The normalized spacial score (nSPS) is 8.74. The monoisotopic (exact) mass is 414 g/mol. The Morgan fingerprint density at radius 1 is 0.667 bits per heavy atom. The van der Waals surface area contributed by atoms with Gasteiger partial charge >= 0.3 is 0 Å². The van der Waals surface area contributed by atoms with E-state index < -0.39 is 37.6 Å². The maximum Gasteiger partial charge on any atom is 0.283 e. The molecule has 0 spiro atoms. The molecule has 3 aromatic carbocycles. The van der Waals surface area contributed by atoms with Crippen LogP contribution in [0.5, 0.6) is 5.75 Å². The van der Waals surface area contributed by atoms with Crippen molar-refractivity contribution in [3.63, 3.8) is 0 Å². The fraction of sp³-hybridized carbons (Fsp3) is 0. The van der Waals surface area contributed by atoms with Gasteiger partial charge in [0.25, 0.3) is 17.1 Å². The Kier molecular flexibility index (Phi) is 10.3. The molecule has 3 rings (SSSR count). The molecule has 0 aliphatic heterocycles. The van der Waals surface area contributed by atoms with Crippen molar-refractivity contribution < 1.29 is 36.9 Å². The molecule has 0 atom stereocenters. The minimum Gasteiger partial charge on any atom is -0.863 e. The van der Waals surface area contributed by atoms with Crippen LogP contribution in [0.2, 0.25) is 0 Å². The minimum atomic E-state index is -1.46. The van der Waals surface area contributed by atoms with E-state index >= 15 is 0 Å². The van der Waals surface area contributed by atoms with Crippen molar-refractivity contribution in [1.82, 2.24) is 0 Å². The van der Waals surface area contributed by atoms with Crippen molar-refractivity contribution in [1.29, 1.82) is 0 Å². The second-order valence-corrected chi connectivity index (χ2v) is 4.51. The van der Waals surface area contributed by atoms with E-state index in [1.54, 1.807) is 0 Å². The molecule has 0 fully saturated rings. The van der Waals surface area contributed by atoms with Crippen molar-refractivity contribution in [3.05, 3.63) is 103 Å². The van der Waals surface area contributed by atoms with Crippen LogP contribution in [0.3, 0.4) is 0 Å². The Morgan fingerprint density at radius 3 is 1.19 bits per heavy atom. The number of nitro groups is 3. The molecular formula is C16H12FeN3O7-3. The first-order valence-corrected chi connectivity index (χ1v) is 6.96. The summed E-state index contributed by atoms with van der Waals surface area (Å²) >= 11 is 0. The van der Waals surface area contributed by atoms with Crippen molar-refractivity contribution in [2.45, 2.75) is 0 Å². The summed E-state index contributed by atoms with van der Waals surface area (Å²) in [5, 5.41) is 42.1. The standard InChI is InChI=1S/C6H3N3O7.2C5H5.Fe/c10-6-4(8(13)14)1-3(7(11)12)2-5(6)9(15)16;2*1-2-4-5-3-1;/h1-2,10H;2*1-5H;/q;2*-1;/p-1. The molecule has 10 nitrogen and oxygen atoms in total. The molecule has 0 amide bonds. The zero-order chi connectivity index (χ0) is 19.5. The summed E-state index contributed by atoms with van der Waals surface area (Å²) < 4.78 is 0. The number of hydrogen-bond acceptors (Lipinski definition) is 7. The van der Waals surface area contributed by atoms with Crippen molar-refractivity contribution in [3.8, 4) is 5.75 Å². The van der Waals surface area contributed by atoms with Crippen LogP contribution >= 0.6 is 0 Å². The fourth-order valence-electron chi connectivity index (χ4n) is 1.60. The van der Waals surface area contributed by atoms with E-state index in [0.29, 0.717) is 12.1 Å². The first kappa shape index (κ1) is 23.4. The van der Waals surface area contributed by atoms with Gasteiger partial charge in [0.2, 0.25) is 0 Å². The Balaban J connectivity index is 0.000000496. The average Bonchev–Trinajstić information content (AvgIpc) is 3.32. The van der Waals surface area contributed by atoms with Gasteiger partial charge in [-0.15, -0.1) is 0 Å². The third-order valence-corrected chi connectivity index (χ3v) is 2.75. The van der Waals surface area contributed by atoms with Crippen LogP contribution in [0.1, 0.15) is 0 Å². The van der Waals surface area contributed by atoms with Crippen LogP contribution < -0.4 is 5.11 Å². The SMILES string of the molecule is O=[N+]([O-])c1cc([N+](=O)[O-])c([O-])c([N+](=O)[O-])c1.[Fe].c1cc[cH-]c1.c1cc[cH-]c1. The van der Waals surface area contributed by atoms with E-state index in [2.05, 4.69) is 0 Å². The molecule has 0 unspecified atom stereocenters. The second kappa shape index (κ2) is 11.9. The van der Waals surface area contributed by atoms with Gasteiger partial charge in [0.05, 0.1) is 32.7 Å². The topological polar surface area (TPSA) is 152 Å². The number of rotatable bonds is 3. The molecule has 144 valence electrons. The van der Waals surface area contributed by atoms with Gasteiger partial charge in [-0.3, -0.25) is 30.3 Å². The van der Waals surface area contributed by atoms with Crippen molar-refractivity contribution in [2.75, 3.05) is 0 Å². The van der Waals surface area contributed by atoms with Gasteiger partial charge in [-0.2, -0.15) is 36.4 Å². The van der Waals surface area contributed by atoms with Crippen LogP contribution in [0.25, 0.3) is 0 Å². The van der Waals surface area contributed by atoms with E-state index in [1.165, 1.54) is 0 Å². The molecule has 11 heteroatoms. The number of nitro benzene ring substituents is 3. The summed E-state index contributed by atoms with van der Waals surface area (Å²) in [6.45, 7) is 0. The minimum absolute atomic E-state index is 0. The van der Waals surface area contributed by atoms with E-state index in [1.807, 2.05) is 60.7 Å². The fourth-order valence-corrected chi connectivity index (χ4v) is 1.60. The molecule has 0 saturated carbocycles. The molecule has 0 heterocycles. The number of hydrogen-bond donors (Lipinski definition) is 0. The van der Waals surface area contributed by atoms with Crippen LogP contribution in [-0.2, 0) is 17.1 Å². The Morgan fingerprint density at radius 2 is 1.00 bits per heavy atom. The van der Waals surface area contributed by atoms with E-state index in [4.69, 9.17) is 0 Å². The summed E-state index contributed by atoms with van der Waals surface area (Å²) in [4.78, 5) is 27.5. The van der Waals surface area contributed by atoms with Gasteiger partial charge in [0, 0.05) is 17.1 Å². The van der Waals surface area contributed by atoms with Gasteiger partial charge in [-0.05, 0) is 0 Å². The van der Waals surface area contributed by atoms with Crippen LogP contribution in [-0.4, -0.2) is 14.8 Å². The van der Waals surface area contributed by atoms with Gasteiger partial charge in [0.1, 0.15) is 0 Å². The Hall–Kier alpha value is -3.56. The van der Waals surface area contributed by atoms with Crippen LogP contribution in [0.4, 0.5) is 17.1 Å². The smallest absolute Gasteiger partial charge is 0.283 e. The predicted molar refractivity (Wildman–Crippen MR) is 89.9 cm³/mol. The first-order chi connectivity index (χ1) is 12.3. The summed E-state index contributed by atoms with van der Waals surface area (Å²) in [5.41, 5.74) is -3.26. The van der Waals surface area contributed by atoms with Crippen molar-refractivity contribution >= 4 is 17.1 Å². The Bertz CT molecular complexity index is 753. The first-order valence-electron chi connectivity index (χ1n) is 6.96. The third kappa shape index (κ3) is 7.90. The summed E-state index contributed by atoms with van der Waals surface area (Å²) in [5.74, 6) is -1.46. The zero-order valence-corrected chi connectivity index (χ0v) is 14.6. The third-order valence-electron chi connectivity index (χ3n) is 2.75. The number of nitrogens with zero attached hydrogens (tertiary/aromatic N) is 3. The quantitative estimate of drug-likeness (QED) is 0.276. The summed E-state index contributed by atoms with van der Waals surface area (Å²) in [6.07, 6.45) is 0. The zero-order valence-electron chi connectivity index (χ0n) is 13.5. The van der Waals surface area contributed by atoms with E-state index in [-0.39, 0.29) is 17.1 Å². The molecule has 0 bridgehead atoms.